The van der Waals surface area contributed by atoms with Crippen molar-refractivity contribution in [1.82, 2.24) is 4.90 Å². The van der Waals surface area contributed by atoms with Crippen molar-refractivity contribution in [1.29, 1.82) is 0 Å². The van der Waals surface area contributed by atoms with Gasteiger partial charge in [-0.15, -0.1) is 11.8 Å². The van der Waals surface area contributed by atoms with E-state index in [2.05, 4.69) is 0 Å². The van der Waals surface area contributed by atoms with Gasteiger partial charge in [0.1, 0.15) is 17.6 Å². The number of esters is 1. The molecule has 1 aliphatic rings. The average molecular weight is 488 g/mol. The SMILES string of the molecule is COC(=O)C(c1ccccc1F)N1CC[C@@H](SCC(=O)c2cccc(OC)c2)/C(=C/C(=O)O)C1. The first-order valence-corrected chi connectivity index (χ1v) is 11.7. The molecule has 1 fully saturated rings. The topological polar surface area (TPSA) is 93.1 Å². The number of rotatable bonds is 9. The number of likely N-dealkylation sites (tertiary alicyclic amines) is 1. The van der Waals surface area contributed by atoms with Gasteiger partial charge >= 0.3 is 11.9 Å². The van der Waals surface area contributed by atoms with E-state index in [0.717, 1.165) is 6.08 Å². The molecule has 0 aliphatic carbocycles. The minimum atomic E-state index is -1.12. The van der Waals surface area contributed by atoms with Gasteiger partial charge in [-0.2, -0.15) is 0 Å². The number of carbonyl (C=O) groups excluding carboxylic acids is 2. The van der Waals surface area contributed by atoms with Crippen LogP contribution in [-0.4, -0.2) is 66.0 Å². The molecule has 1 unspecified atom stereocenters. The molecule has 3 rings (SSSR count). The molecule has 1 aliphatic heterocycles. The summed E-state index contributed by atoms with van der Waals surface area (Å²) in [5.41, 5.74) is 1.23. The lowest BCUT2D eigenvalue weighted by molar-refractivity contribution is -0.147. The number of carboxylic acid groups (broad SMARTS) is 1. The molecular weight excluding hydrogens is 461 g/mol. The Morgan fingerprint density at radius 3 is 2.65 bits per heavy atom. The van der Waals surface area contributed by atoms with Crippen LogP contribution < -0.4 is 4.74 Å². The standard InChI is InChI=1S/C25H26FNO6S/c1-32-18-7-5-6-16(12-18)21(28)15-34-22-10-11-27(14-17(22)13-23(29)30)24(25(31)33-2)19-8-3-4-9-20(19)26/h3-9,12-13,22,24H,10-11,14-15H2,1-2H3,(H,29,30)/b17-13+/t22-,24?/m1/s1. The van der Waals surface area contributed by atoms with Crippen LogP contribution in [0.3, 0.4) is 0 Å². The molecule has 2 atom stereocenters. The molecule has 1 saturated heterocycles. The Hall–Kier alpha value is -3.17. The molecule has 0 amide bonds. The second-order valence-corrected chi connectivity index (χ2v) is 8.91. The number of aliphatic carboxylic acids is 1. The van der Waals surface area contributed by atoms with Gasteiger partial charge in [-0.05, 0) is 30.2 Å². The highest BCUT2D eigenvalue weighted by molar-refractivity contribution is 8.00. The number of piperidine rings is 1. The van der Waals surface area contributed by atoms with Crippen LogP contribution in [-0.2, 0) is 14.3 Å². The predicted octanol–water partition coefficient (Wildman–Crippen LogP) is 3.75. The van der Waals surface area contributed by atoms with Crippen LogP contribution in [0.15, 0.2) is 60.2 Å². The van der Waals surface area contributed by atoms with Crippen LogP contribution in [0, 0.1) is 5.82 Å². The molecular formula is C25H26FNO6S. The minimum absolute atomic E-state index is 0.0974. The predicted molar refractivity (Wildman–Crippen MR) is 127 cm³/mol. The highest BCUT2D eigenvalue weighted by Gasteiger charge is 2.36. The van der Waals surface area contributed by atoms with Crippen molar-refractivity contribution in [3.05, 3.63) is 77.1 Å². The van der Waals surface area contributed by atoms with Crippen molar-refractivity contribution in [2.75, 3.05) is 33.1 Å². The van der Waals surface area contributed by atoms with E-state index in [1.807, 2.05) is 0 Å². The third kappa shape index (κ3) is 6.24. The smallest absolute Gasteiger partial charge is 0.328 e. The first-order valence-electron chi connectivity index (χ1n) is 10.6. The number of carbonyl (C=O) groups is 3. The van der Waals surface area contributed by atoms with Crippen molar-refractivity contribution in [2.24, 2.45) is 0 Å². The summed E-state index contributed by atoms with van der Waals surface area (Å²) in [5.74, 6) is -1.65. The number of carboxylic acids is 1. The number of halogens is 1. The summed E-state index contributed by atoms with van der Waals surface area (Å²) in [7, 11) is 2.76. The first-order chi connectivity index (χ1) is 16.3. The van der Waals surface area contributed by atoms with Gasteiger partial charge in [0, 0.05) is 35.5 Å². The molecule has 2 aromatic carbocycles. The Kier molecular flexibility index (Phi) is 8.84. The summed E-state index contributed by atoms with van der Waals surface area (Å²) in [6, 6.07) is 11.8. The molecule has 9 heteroatoms. The van der Waals surface area contributed by atoms with Crippen LogP contribution in [0.5, 0.6) is 5.75 Å². The number of methoxy groups -OCH3 is 2. The number of benzene rings is 2. The average Bonchev–Trinajstić information content (AvgIpc) is 2.84. The highest BCUT2D eigenvalue weighted by Crippen LogP contribution is 2.34. The van der Waals surface area contributed by atoms with E-state index in [1.165, 1.54) is 44.2 Å². The molecule has 180 valence electrons. The fraction of sp³-hybridized carbons (Fsp3) is 0.320. The lowest BCUT2D eigenvalue weighted by Gasteiger charge is -2.37. The third-order valence-electron chi connectivity index (χ3n) is 5.58. The summed E-state index contributed by atoms with van der Waals surface area (Å²) in [6.07, 6.45) is 1.59. The van der Waals surface area contributed by atoms with E-state index in [-0.39, 0.29) is 28.9 Å². The fourth-order valence-corrected chi connectivity index (χ4v) is 5.08. The van der Waals surface area contributed by atoms with Gasteiger partial charge in [-0.25, -0.2) is 14.0 Å². The number of hydrogen-bond donors (Lipinski definition) is 1. The number of hydrogen-bond acceptors (Lipinski definition) is 7. The maximum Gasteiger partial charge on any atom is 0.328 e. The quantitative estimate of drug-likeness (QED) is 0.325. The molecule has 0 spiro atoms. The van der Waals surface area contributed by atoms with Crippen LogP contribution in [0.2, 0.25) is 0 Å². The first kappa shape index (κ1) is 25.5. The largest absolute Gasteiger partial charge is 0.497 e. The van der Waals surface area contributed by atoms with E-state index in [0.29, 0.717) is 29.9 Å². The van der Waals surface area contributed by atoms with Crippen LogP contribution >= 0.6 is 11.8 Å². The van der Waals surface area contributed by atoms with E-state index in [9.17, 15) is 23.9 Å². The van der Waals surface area contributed by atoms with Crippen molar-refractivity contribution in [3.8, 4) is 5.75 Å². The summed E-state index contributed by atoms with van der Waals surface area (Å²) in [4.78, 5) is 38.5. The van der Waals surface area contributed by atoms with Gasteiger partial charge in [0.05, 0.1) is 20.0 Å². The lowest BCUT2D eigenvalue weighted by Crippen LogP contribution is -2.43. The molecule has 0 aromatic heterocycles. The molecule has 2 aromatic rings. The summed E-state index contributed by atoms with van der Waals surface area (Å²) >= 11 is 1.35. The lowest BCUT2D eigenvalue weighted by atomic mass is 9.98. The van der Waals surface area contributed by atoms with Gasteiger partial charge in [0.15, 0.2) is 5.78 Å². The van der Waals surface area contributed by atoms with Crippen molar-refractivity contribution in [3.63, 3.8) is 0 Å². The van der Waals surface area contributed by atoms with Crippen LogP contribution in [0.4, 0.5) is 4.39 Å². The zero-order valence-electron chi connectivity index (χ0n) is 18.9. The molecule has 0 radical (unpaired) electrons. The molecule has 1 heterocycles. The highest BCUT2D eigenvalue weighted by atomic mass is 32.2. The monoisotopic (exact) mass is 487 g/mol. The molecule has 1 N–H and O–H groups in total. The van der Waals surface area contributed by atoms with Crippen molar-refractivity contribution < 1.29 is 33.4 Å². The third-order valence-corrected chi connectivity index (χ3v) is 6.95. The van der Waals surface area contributed by atoms with Gasteiger partial charge in [-0.3, -0.25) is 9.69 Å². The second kappa shape index (κ2) is 11.8. The number of Topliss-reactive ketones (excluding diaryl/α,β-unsaturated/α-hetero) is 1. The van der Waals surface area contributed by atoms with Gasteiger partial charge in [0.25, 0.3) is 0 Å². The number of ether oxygens (including phenoxy) is 2. The number of ketones is 1. The second-order valence-electron chi connectivity index (χ2n) is 7.72. The molecule has 7 nitrogen and oxygen atoms in total. The van der Waals surface area contributed by atoms with Gasteiger partial charge < -0.3 is 14.6 Å². The van der Waals surface area contributed by atoms with E-state index in [1.54, 1.807) is 35.2 Å². The van der Waals surface area contributed by atoms with E-state index in [4.69, 9.17) is 9.47 Å². The van der Waals surface area contributed by atoms with Crippen molar-refractivity contribution >= 4 is 29.5 Å². The maximum absolute atomic E-state index is 14.5. The Labute approximate surface area is 201 Å². The zero-order chi connectivity index (χ0) is 24.7. The molecule has 34 heavy (non-hydrogen) atoms. The van der Waals surface area contributed by atoms with Gasteiger partial charge in [-0.1, -0.05) is 30.3 Å². The summed E-state index contributed by atoms with van der Waals surface area (Å²) in [5, 5.41) is 9.17. The maximum atomic E-state index is 14.5. The fourth-order valence-electron chi connectivity index (χ4n) is 3.93. The molecule has 0 bridgehead atoms. The Morgan fingerprint density at radius 1 is 1.21 bits per heavy atom. The Bertz CT molecular complexity index is 1090. The number of thioether (sulfide) groups is 1. The number of nitrogens with zero attached hydrogens (tertiary/aromatic N) is 1. The van der Waals surface area contributed by atoms with E-state index < -0.39 is 23.8 Å². The normalized spacial score (nSPS) is 18.3. The summed E-state index contributed by atoms with van der Waals surface area (Å²) in [6.45, 7) is 0.529. The summed E-state index contributed by atoms with van der Waals surface area (Å²) < 4.78 is 24.6. The van der Waals surface area contributed by atoms with Crippen molar-refractivity contribution in [2.45, 2.75) is 17.7 Å². The van der Waals surface area contributed by atoms with Crippen LogP contribution in [0.1, 0.15) is 28.4 Å². The minimum Gasteiger partial charge on any atom is -0.497 e. The Morgan fingerprint density at radius 2 is 1.97 bits per heavy atom. The zero-order valence-corrected chi connectivity index (χ0v) is 19.7. The van der Waals surface area contributed by atoms with Crippen LogP contribution in [0.25, 0.3) is 0 Å². The molecule has 0 saturated carbocycles. The van der Waals surface area contributed by atoms with E-state index >= 15 is 0 Å². The Balaban J connectivity index is 1.77. The van der Waals surface area contributed by atoms with Gasteiger partial charge in [0.2, 0.25) is 0 Å².